The van der Waals surface area contributed by atoms with E-state index in [2.05, 4.69) is 11.4 Å². The Balaban J connectivity index is 2.42. The number of ether oxygens (including phenoxy) is 1. The molecule has 0 saturated heterocycles. The lowest BCUT2D eigenvalue weighted by Gasteiger charge is -2.28. The molecule has 0 spiro atoms. The molecule has 0 fully saturated rings. The maximum Gasteiger partial charge on any atom is 0.166 e. The van der Waals surface area contributed by atoms with Gasteiger partial charge in [-0.3, -0.25) is 0 Å². The minimum absolute atomic E-state index is 0.220. The molecule has 1 aliphatic rings. The summed E-state index contributed by atoms with van der Waals surface area (Å²) in [5, 5.41) is 3.39. The third-order valence-corrected chi connectivity index (χ3v) is 2.61. The lowest BCUT2D eigenvalue weighted by Crippen LogP contribution is -2.25. The molecule has 0 radical (unpaired) electrons. The Morgan fingerprint density at radius 3 is 2.75 bits per heavy atom. The second kappa shape index (κ2) is 3.89. The van der Waals surface area contributed by atoms with Crippen LogP contribution in [0.4, 0.5) is 11.4 Å². The standard InChI is InChI=1S/C13H20N2O/c1-13(2,3)16-12-10(14)7-6-9-5-4-8-15-11(9)12/h6-7,15H,4-5,8,14H2,1-3H3. The topological polar surface area (TPSA) is 47.3 Å². The Hall–Kier alpha value is -1.38. The van der Waals surface area contributed by atoms with Gasteiger partial charge in [0.2, 0.25) is 0 Å². The Morgan fingerprint density at radius 2 is 2.06 bits per heavy atom. The largest absolute Gasteiger partial charge is 0.484 e. The van der Waals surface area contributed by atoms with Crippen LogP contribution in [0.1, 0.15) is 32.8 Å². The number of nitrogen functional groups attached to an aromatic ring is 1. The number of rotatable bonds is 1. The highest BCUT2D eigenvalue weighted by Crippen LogP contribution is 2.39. The van der Waals surface area contributed by atoms with Gasteiger partial charge in [0.1, 0.15) is 5.60 Å². The van der Waals surface area contributed by atoms with Crippen LogP contribution in [0.25, 0.3) is 0 Å². The molecular weight excluding hydrogens is 200 g/mol. The van der Waals surface area contributed by atoms with Crippen LogP contribution in [-0.4, -0.2) is 12.1 Å². The lowest BCUT2D eigenvalue weighted by atomic mass is 10.0. The van der Waals surface area contributed by atoms with E-state index in [1.54, 1.807) is 0 Å². The molecule has 0 aromatic heterocycles. The first-order valence-electron chi connectivity index (χ1n) is 5.81. The van der Waals surface area contributed by atoms with Crippen molar-refractivity contribution in [1.82, 2.24) is 0 Å². The number of anilines is 2. The number of benzene rings is 1. The van der Waals surface area contributed by atoms with Crippen LogP contribution < -0.4 is 15.8 Å². The van der Waals surface area contributed by atoms with E-state index in [-0.39, 0.29) is 5.60 Å². The minimum Gasteiger partial charge on any atom is -0.484 e. The molecule has 0 bridgehead atoms. The SMILES string of the molecule is CC(C)(C)Oc1c(N)ccc2c1NCCC2. The molecule has 1 heterocycles. The first-order chi connectivity index (χ1) is 7.47. The van der Waals surface area contributed by atoms with Crippen molar-refractivity contribution in [2.24, 2.45) is 0 Å². The van der Waals surface area contributed by atoms with Gasteiger partial charge in [0.15, 0.2) is 5.75 Å². The number of hydrogen-bond donors (Lipinski definition) is 2. The lowest BCUT2D eigenvalue weighted by molar-refractivity contribution is 0.132. The fraction of sp³-hybridized carbons (Fsp3) is 0.538. The fourth-order valence-corrected chi connectivity index (χ4v) is 1.95. The van der Waals surface area contributed by atoms with E-state index >= 15 is 0 Å². The van der Waals surface area contributed by atoms with E-state index in [0.717, 1.165) is 24.4 Å². The van der Waals surface area contributed by atoms with Gasteiger partial charge in [0.05, 0.1) is 11.4 Å². The van der Waals surface area contributed by atoms with E-state index in [0.29, 0.717) is 5.69 Å². The molecule has 0 amide bonds. The van der Waals surface area contributed by atoms with Crippen LogP contribution in [0, 0.1) is 0 Å². The molecule has 3 nitrogen and oxygen atoms in total. The molecule has 0 unspecified atom stereocenters. The number of fused-ring (bicyclic) bond motifs is 1. The Labute approximate surface area is 97.0 Å². The van der Waals surface area contributed by atoms with Gasteiger partial charge >= 0.3 is 0 Å². The van der Waals surface area contributed by atoms with Crippen molar-refractivity contribution in [2.75, 3.05) is 17.6 Å². The zero-order chi connectivity index (χ0) is 11.8. The van der Waals surface area contributed by atoms with E-state index in [4.69, 9.17) is 10.5 Å². The molecule has 0 aliphatic carbocycles. The average Bonchev–Trinajstić information content (AvgIpc) is 2.21. The van der Waals surface area contributed by atoms with Gasteiger partial charge in [0, 0.05) is 6.54 Å². The third-order valence-electron chi connectivity index (χ3n) is 2.61. The second-order valence-electron chi connectivity index (χ2n) is 5.26. The first-order valence-corrected chi connectivity index (χ1v) is 5.81. The van der Waals surface area contributed by atoms with Crippen molar-refractivity contribution < 1.29 is 4.74 Å². The predicted octanol–water partition coefficient (Wildman–Crippen LogP) is 2.80. The summed E-state index contributed by atoms with van der Waals surface area (Å²) in [6.07, 6.45) is 2.27. The molecule has 16 heavy (non-hydrogen) atoms. The van der Waals surface area contributed by atoms with E-state index in [1.165, 1.54) is 12.0 Å². The Bertz CT molecular complexity index is 394. The quantitative estimate of drug-likeness (QED) is 0.715. The van der Waals surface area contributed by atoms with Gasteiger partial charge in [-0.2, -0.15) is 0 Å². The highest BCUT2D eigenvalue weighted by molar-refractivity contribution is 5.73. The monoisotopic (exact) mass is 220 g/mol. The van der Waals surface area contributed by atoms with E-state index < -0.39 is 0 Å². The Kier molecular flexibility index (Phi) is 2.70. The van der Waals surface area contributed by atoms with Crippen molar-refractivity contribution in [3.05, 3.63) is 17.7 Å². The van der Waals surface area contributed by atoms with Gasteiger partial charge in [0.25, 0.3) is 0 Å². The molecular formula is C13H20N2O. The summed E-state index contributed by atoms with van der Waals surface area (Å²) in [5.41, 5.74) is 8.87. The van der Waals surface area contributed by atoms with Gasteiger partial charge in [-0.05, 0) is 45.2 Å². The molecule has 2 rings (SSSR count). The van der Waals surface area contributed by atoms with Gasteiger partial charge in [-0.25, -0.2) is 0 Å². The zero-order valence-corrected chi connectivity index (χ0v) is 10.3. The molecule has 88 valence electrons. The van der Waals surface area contributed by atoms with Crippen molar-refractivity contribution in [3.8, 4) is 5.75 Å². The van der Waals surface area contributed by atoms with Crippen molar-refractivity contribution in [2.45, 2.75) is 39.2 Å². The van der Waals surface area contributed by atoms with Crippen LogP contribution in [-0.2, 0) is 6.42 Å². The molecule has 0 atom stereocenters. The maximum absolute atomic E-state index is 5.99. The summed E-state index contributed by atoms with van der Waals surface area (Å²) in [6, 6.07) is 4.03. The Morgan fingerprint density at radius 1 is 1.31 bits per heavy atom. The first kappa shape index (κ1) is 11.1. The molecule has 0 saturated carbocycles. The number of nitrogens with one attached hydrogen (secondary N) is 1. The average molecular weight is 220 g/mol. The smallest absolute Gasteiger partial charge is 0.166 e. The maximum atomic E-state index is 5.99. The van der Waals surface area contributed by atoms with Crippen LogP contribution in [0.5, 0.6) is 5.75 Å². The molecule has 3 N–H and O–H groups in total. The summed E-state index contributed by atoms with van der Waals surface area (Å²) in [6.45, 7) is 7.11. The second-order valence-corrected chi connectivity index (χ2v) is 5.26. The van der Waals surface area contributed by atoms with Crippen LogP contribution in [0.15, 0.2) is 12.1 Å². The normalized spacial score (nSPS) is 15.2. The molecule has 3 heteroatoms. The third kappa shape index (κ3) is 2.23. The molecule has 1 aromatic rings. The van der Waals surface area contributed by atoms with Crippen molar-refractivity contribution in [3.63, 3.8) is 0 Å². The van der Waals surface area contributed by atoms with Gasteiger partial charge in [-0.15, -0.1) is 0 Å². The highest BCUT2D eigenvalue weighted by atomic mass is 16.5. The summed E-state index contributed by atoms with van der Waals surface area (Å²) in [4.78, 5) is 0. The summed E-state index contributed by atoms with van der Waals surface area (Å²) < 4.78 is 5.94. The minimum atomic E-state index is -0.220. The van der Waals surface area contributed by atoms with Gasteiger partial charge in [-0.1, -0.05) is 6.07 Å². The number of aryl methyl sites for hydroxylation is 1. The van der Waals surface area contributed by atoms with Crippen LogP contribution in [0.3, 0.4) is 0 Å². The van der Waals surface area contributed by atoms with Crippen molar-refractivity contribution in [1.29, 1.82) is 0 Å². The summed E-state index contributed by atoms with van der Waals surface area (Å²) >= 11 is 0. The summed E-state index contributed by atoms with van der Waals surface area (Å²) in [5.74, 6) is 0.810. The number of hydrogen-bond acceptors (Lipinski definition) is 3. The van der Waals surface area contributed by atoms with Crippen LogP contribution in [0.2, 0.25) is 0 Å². The number of nitrogens with two attached hydrogens (primary N) is 1. The molecule has 1 aliphatic heterocycles. The fourth-order valence-electron chi connectivity index (χ4n) is 1.95. The summed E-state index contributed by atoms with van der Waals surface area (Å²) in [7, 11) is 0. The van der Waals surface area contributed by atoms with Crippen molar-refractivity contribution >= 4 is 11.4 Å². The van der Waals surface area contributed by atoms with E-state index in [1.807, 2.05) is 26.8 Å². The zero-order valence-electron chi connectivity index (χ0n) is 10.3. The predicted molar refractivity (Wildman–Crippen MR) is 68.0 cm³/mol. The van der Waals surface area contributed by atoms with Crippen LogP contribution >= 0.6 is 0 Å². The molecule has 1 aromatic carbocycles. The highest BCUT2D eigenvalue weighted by Gasteiger charge is 2.20. The van der Waals surface area contributed by atoms with E-state index in [9.17, 15) is 0 Å². The van der Waals surface area contributed by atoms with Gasteiger partial charge < -0.3 is 15.8 Å².